The zero-order chi connectivity index (χ0) is 19.0. The molecular formula is C20H19N5O2. The van der Waals surface area contributed by atoms with Gasteiger partial charge >= 0.3 is 0 Å². The van der Waals surface area contributed by atoms with Crippen molar-refractivity contribution in [1.29, 1.82) is 0 Å². The lowest BCUT2D eigenvalue weighted by Gasteiger charge is -2.11. The van der Waals surface area contributed by atoms with Crippen LogP contribution in [0.4, 0.5) is 0 Å². The van der Waals surface area contributed by atoms with Crippen molar-refractivity contribution in [1.82, 2.24) is 24.5 Å². The second-order valence-electron chi connectivity index (χ2n) is 6.37. The molecule has 0 aliphatic carbocycles. The molecule has 136 valence electrons. The third-order valence-electron chi connectivity index (χ3n) is 4.50. The van der Waals surface area contributed by atoms with E-state index in [2.05, 4.69) is 15.4 Å². The van der Waals surface area contributed by atoms with Crippen molar-refractivity contribution in [2.75, 3.05) is 0 Å². The Morgan fingerprint density at radius 2 is 2.07 bits per heavy atom. The first kappa shape index (κ1) is 17.0. The van der Waals surface area contributed by atoms with Gasteiger partial charge in [-0.2, -0.15) is 5.10 Å². The van der Waals surface area contributed by atoms with Gasteiger partial charge in [-0.25, -0.2) is 9.50 Å². The number of hydrogen-bond donors (Lipinski definition) is 1. The topological polar surface area (TPSA) is 81.3 Å². The first-order chi connectivity index (χ1) is 13.1. The Bertz CT molecular complexity index is 1190. The van der Waals surface area contributed by atoms with Gasteiger partial charge in [0.15, 0.2) is 0 Å². The minimum atomic E-state index is -0.415. The van der Waals surface area contributed by atoms with E-state index in [1.165, 1.54) is 0 Å². The van der Waals surface area contributed by atoms with Gasteiger partial charge in [-0.05, 0) is 44.2 Å². The van der Waals surface area contributed by atoms with Gasteiger partial charge in [0.2, 0.25) is 5.43 Å². The van der Waals surface area contributed by atoms with Crippen LogP contribution in [0.3, 0.4) is 0 Å². The van der Waals surface area contributed by atoms with Gasteiger partial charge in [0.1, 0.15) is 11.2 Å². The van der Waals surface area contributed by atoms with E-state index in [0.717, 1.165) is 16.9 Å². The van der Waals surface area contributed by atoms with Gasteiger partial charge in [0.25, 0.3) is 5.91 Å². The number of nitrogens with zero attached hydrogens (tertiary/aromatic N) is 4. The molecule has 0 aliphatic heterocycles. The highest BCUT2D eigenvalue weighted by molar-refractivity contribution is 5.96. The average molecular weight is 361 g/mol. The Morgan fingerprint density at radius 3 is 2.85 bits per heavy atom. The molecule has 7 nitrogen and oxygen atoms in total. The first-order valence-corrected chi connectivity index (χ1v) is 8.79. The van der Waals surface area contributed by atoms with Crippen molar-refractivity contribution in [2.45, 2.75) is 26.9 Å². The number of rotatable bonds is 4. The summed E-state index contributed by atoms with van der Waals surface area (Å²) in [6.07, 6.45) is 3.43. The fourth-order valence-corrected chi connectivity index (χ4v) is 3.11. The summed E-state index contributed by atoms with van der Waals surface area (Å²) in [5.74, 6) is -0.415. The number of aromatic nitrogens is 4. The zero-order valence-corrected chi connectivity index (χ0v) is 15.1. The molecule has 4 heterocycles. The Morgan fingerprint density at radius 1 is 1.22 bits per heavy atom. The van der Waals surface area contributed by atoms with Crippen molar-refractivity contribution in [3.63, 3.8) is 0 Å². The molecular weight excluding hydrogens is 342 g/mol. The van der Waals surface area contributed by atoms with E-state index in [0.29, 0.717) is 17.6 Å². The number of hydrogen-bond acceptors (Lipinski definition) is 4. The van der Waals surface area contributed by atoms with Crippen molar-refractivity contribution in [3.8, 4) is 0 Å². The predicted octanol–water partition coefficient (Wildman–Crippen LogP) is 2.30. The summed E-state index contributed by atoms with van der Waals surface area (Å²) >= 11 is 0. The van der Waals surface area contributed by atoms with Crippen LogP contribution in [-0.4, -0.2) is 25.1 Å². The summed E-state index contributed by atoms with van der Waals surface area (Å²) in [7, 11) is 0. The van der Waals surface area contributed by atoms with Crippen LogP contribution < -0.4 is 10.7 Å². The highest BCUT2D eigenvalue weighted by atomic mass is 16.2. The van der Waals surface area contributed by atoms with Crippen molar-refractivity contribution in [3.05, 3.63) is 76.0 Å². The van der Waals surface area contributed by atoms with Gasteiger partial charge in [-0.1, -0.05) is 6.07 Å². The normalized spacial score (nSPS) is 11.2. The van der Waals surface area contributed by atoms with Crippen LogP contribution in [0.2, 0.25) is 0 Å². The zero-order valence-electron chi connectivity index (χ0n) is 15.1. The van der Waals surface area contributed by atoms with E-state index >= 15 is 0 Å². The summed E-state index contributed by atoms with van der Waals surface area (Å²) in [5, 5.41) is 7.65. The number of pyridine rings is 3. The van der Waals surface area contributed by atoms with Crippen molar-refractivity contribution in [2.24, 2.45) is 0 Å². The van der Waals surface area contributed by atoms with Gasteiger partial charge in [0.05, 0.1) is 23.1 Å². The molecule has 7 heteroatoms. The van der Waals surface area contributed by atoms with E-state index in [4.69, 9.17) is 0 Å². The lowest BCUT2D eigenvalue weighted by atomic mass is 10.1. The molecule has 0 atom stereocenters. The van der Waals surface area contributed by atoms with Gasteiger partial charge in [0, 0.05) is 24.6 Å². The van der Waals surface area contributed by atoms with E-state index in [-0.39, 0.29) is 17.5 Å². The summed E-state index contributed by atoms with van der Waals surface area (Å²) in [6, 6.07) is 11.2. The lowest BCUT2D eigenvalue weighted by Crippen LogP contribution is -2.30. The number of amides is 1. The van der Waals surface area contributed by atoms with Crippen LogP contribution in [-0.2, 0) is 13.1 Å². The quantitative estimate of drug-likeness (QED) is 0.605. The van der Waals surface area contributed by atoms with E-state index in [9.17, 15) is 9.59 Å². The van der Waals surface area contributed by atoms with Gasteiger partial charge in [-0.3, -0.25) is 9.59 Å². The molecule has 0 unspecified atom stereocenters. The molecule has 0 saturated carbocycles. The Labute approximate surface area is 155 Å². The van der Waals surface area contributed by atoms with Crippen LogP contribution in [0.25, 0.3) is 16.6 Å². The van der Waals surface area contributed by atoms with E-state index in [1.54, 1.807) is 22.8 Å². The Hall–Kier alpha value is -3.48. The average Bonchev–Trinajstić information content (AvgIpc) is 3.09. The minimum absolute atomic E-state index is 0.110. The maximum Gasteiger partial charge on any atom is 0.257 e. The minimum Gasteiger partial charge on any atom is -0.346 e. The second kappa shape index (κ2) is 6.68. The fourth-order valence-electron chi connectivity index (χ4n) is 3.11. The van der Waals surface area contributed by atoms with E-state index in [1.807, 2.05) is 48.9 Å². The van der Waals surface area contributed by atoms with Crippen LogP contribution in [0.15, 0.2) is 53.6 Å². The summed E-state index contributed by atoms with van der Waals surface area (Å²) < 4.78 is 3.57. The maximum absolute atomic E-state index is 12.8. The number of nitrogens with one attached hydrogen (secondary N) is 1. The third kappa shape index (κ3) is 3.08. The first-order valence-electron chi connectivity index (χ1n) is 8.79. The molecule has 4 aromatic rings. The summed E-state index contributed by atoms with van der Waals surface area (Å²) in [4.78, 5) is 29.9. The Kier molecular flexibility index (Phi) is 4.19. The van der Waals surface area contributed by atoms with Crippen LogP contribution >= 0.6 is 0 Å². The van der Waals surface area contributed by atoms with Crippen LogP contribution in [0.5, 0.6) is 0 Å². The highest BCUT2D eigenvalue weighted by Gasteiger charge is 2.16. The van der Waals surface area contributed by atoms with Gasteiger partial charge < -0.3 is 9.88 Å². The molecule has 0 saturated heterocycles. The standard InChI is InChI=1S/C20H19N5O2/c1-3-24-12-17(18(26)16-8-7-13(2)22-19(16)24)20(27)21-11-14-10-15-6-4-5-9-25(15)23-14/h4-10,12H,3,11H2,1-2H3,(H,21,27). The molecule has 1 amide bonds. The van der Waals surface area contributed by atoms with Gasteiger partial charge in [-0.15, -0.1) is 0 Å². The van der Waals surface area contributed by atoms with Crippen LogP contribution in [0, 0.1) is 6.92 Å². The van der Waals surface area contributed by atoms with Crippen LogP contribution in [0.1, 0.15) is 28.7 Å². The number of aryl methyl sites for hydroxylation is 2. The maximum atomic E-state index is 12.8. The second-order valence-corrected chi connectivity index (χ2v) is 6.37. The van der Waals surface area contributed by atoms with E-state index < -0.39 is 5.91 Å². The fraction of sp³-hybridized carbons (Fsp3) is 0.200. The smallest absolute Gasteiger partial charge is 0.257 e. The lowest BCUT2D eigenvalue weighted by molar-refractivity contribution is 0.0948. The molecule has 0 fully saturated rings. The molecule has 27 heavy (non-hydrogen) atoms. The predicted molar refractivity (Wildman–Crippen MR) is 103 cm³/mol. The molecule has 0 radical (unpaired) electrons. The monoisotopic (exact) mass is 361 g/mol. The molecule has 4 aromatic heterocycles. The molecule has 0 aromatic carbocycles. The molecule has 4 rings (SSSR count). The molecule has 1 N–H and O–H groups in total. The SMILES string of the molecule is CCn1cc(C(=O)NCc2cc3ccccn3n2)c(=O)c2ccc(C)nc21. The molecule has 0 bridgehead atoms. The molecule has 0 aliphatic rings. The summed E-state index contributed by atoms with van der Waals surface area (Å²) in [6.45, 7) is 4.68. The Balaban J connectivity index is 1.65. The number of carbonyl (C=O) groups excluding carboxylic acids is 1. The third-order valence-corrected chi connectivity index (χ3v) is 4.50. The summed E-state index contributed by atoms with van der Waals surface area (Å²) in [5.41, 5.74) is 2.90. The van der Waals surface area contributed by atoms with Crippen molar-refractivity contribution < 1.29 is 4.79 Å². The molecule has 0 spiro atoms. The number of fused-ring (bicyclic) bond motifs is 2. The largest absolute Gasteiger partial charge is 0.346 e. The number of carbonyl (C=O) groups is 1. The van der Waals surface area contributed by atoms with Crippen molar-refractivity contribution >= 4 is 22.5 Å². The highest BCUT2D eigenvalue weighted by Crippen LogP contribution is 2.11.